The number of fused-ring (bicyclic) bond motifs is 6. The first-order valence-electron chi connectivity index (χ1n) is 22.2. The van der Waals surface area contributed by atoms with E-state index in [1.807, 2.05) is 0 Å². The highest BCUT2D eigenvalue weighted by Gasteiger charge is 2.39. The summed E-state index contributed by atoms with van der Waals surface area (Å²) in [5, 5.41) is 2.63. The molecule has 3 aromatic rings. The van der Waals surface area contributed by atoms with Gasteiger partial charge >= 0.3 is 0 Å². The standard InChI is InChI=1S/C52H72Si2/c1-11-13-15-17-19-25-33-53(39(3)4,40(5)6)35-31-47-43-27-21-23-29-45(43)49-38-52-48(44-28-22-24-30-46(44)50(52)37-51(47)49)32-36-54(41(7)8,42(9)10)34-26-20-18-16-14-12-2/h21-24,27-30,37-42H,11-20,25-26,33-34H2,1-10H3. The highest BCUT2D eigenvalue weighted by Crippen LogP contribution is 2.41. The van der Waals surface area contributed by atoms with Crippen molar-refractivity contribution >= 4 is 27.3 Å². The molecule has 288 valence electrons. The minimum absolute atomic E-state index is 0.633. The van der Waals surface area contributed by atoms with Crippen LogP contribution in [0.3, 0.4) is 0 Å². The highest BCUT2D eigenvalue weighted by atomic mass is 28.3. The van der Waals surface area contributed by atoms with Crippen LogP contribution in [0.4, 0.5) is 0 Å². The van der Waals surface area contributed by atoms with Crippen molar-refractivity contribution in [3.8, 4) is 45.2 Å². The van der Waals surface area contributed by atoms with Gasteiger partial charge in [-0.2, -0.15) is 0 Å². The SMILES string of the molecule is CCCCCCCC[Si](C#CC1=c2cc3c(cc2-c2ccccc21)=C(C#C[Si](CCCCCCCC)(C(C)C)C(C)C)c1ccccc1-3)(C(C)C)C(C)C. The number of hydrogen-bond acceptors (Lipinski definition) is 0. The summed E-state index contributed by atoms with van der Waals surface area (Å²) >= 11 is 0. The highest BCUT2D eigenvalue weighted by molar-refractivity contribution is 6.90. The van der Waals surface area contributed by atoms with Crippen LogP contribution in [0.5, 0.6) is 0 Å². The lowest BCUT2D eigenvalue weighted by Crippen LogP contribution is -2.40. The summed E-state index contributed by atoms with van der Waals surface area (Å²) < 4.78 is 0. The van der Waals surface area contributed by atoms with Crippen molar-refractivity contribution in [2.75, 3.05) is 0 Å². The van der Waals surface area contributed by atoms with Gasteiger partial charge in [0, 0.05) is 11.1 Å². The number of hydrogen-bond donors (Lipinski definition) is 0. The van der Waals surface area contributed by atoms with E-state index < -0.39 is 16.1 Å². The fourth-order valence-electron chi connectivity index (χ4n) is 9.83. The number of unbranched alkanes of at least 4 members (excludes halogenated alkanes) is 10. The molecule has 0 aromatic heterocycles. The molecule has 5 rings (SSSR count). The van der Waals surface area contributed by atoms with Gasteiger partial charge in [0.2, 0.25) is 0 Å². The molecule has 0 amide bonds. The topological polar surface area (TPSA) is 0 Å². The van der Waals surface area contributed by atoms with E-state index in [1.165, 1.54) is 144 Å². The van der Waals surface area contributed by atoms with E-state index in [0.29, 0.717) is 22.2 Å². The van der Waals surface area contributed by atoms with Crippen molar-refractivity contribution in [2.45, 2.75) is 181 Å². The molecule has 2 heteroatoms. The molecule has 2 aliphatic carbocycles. The van der Waals surface area contributed by atoms with E-state index in [4.69, 9.17) is 0 Å². The van der Waals surface area contributed by atoms with Gasteiger partial charge in [0.25, 0.3) is 0 Å². The van der Waals surface area contributed by atoms with Gasteiger partial charge < -0.3 is 0 Å². The van der Waals surface area contributed by atoms with Crippen molar-refractivity contribution in [3.63, 3.8) is 0 Å². The molecule has 0 fully saturated rings. The maximum absolute atomic E-state index is 4.17. The summed E-state index contributed by atoms with van der Waals surface area (Å²) in [4.78, 5) is 0. The molecular weight excluding hydrogens is 681 g/mol. The van der Waals surface area contributed by atoms with E-state index in [-0.39, 0.29) is 0 Å². The Bertz CT molecular complexity index is 1820. The minimum Gasteiger partial charge on any atom is -0.125 e. The van der Waals surface area contributed by atoms with Crippen LogP contribution in [-0.4, -0.2) is 16.1 Å². The van der Waals surface area contributed by atoms with Crippen molar-refractivity contribution in [1.82, 2.24) is 0 Å². The van der Waals surface area contributed by atoms with Gasteiger partial charge in [-0.1, -0.05) is 207 Å². The summed E-state index contributed by atoms with van der Waals surface area (Å²) in [7, 11) is -3.77. The van der Waals surface area contributed by atoms with Crippen molar-refractivity contribution < 1.29 is 0 Å². The molecule has 0 bridgehead atoms. The molecular formula is C52H72Si2. The van der Waals surface area contributed by atoms with Gasteiger partial charge in [-0.05, 0) is 90.2 Å². The summed E-state index contributed by atoms with van der Waals surface area (Å²) in [6.07, 6.45) is 16.2. The fourth-order valence-corrected chi connectivity index (χ4v) is 18.6. The Morgan fingerprint density at radius 1 is 0.407 bits per heavy atom. The number of rotatable bonds is 18. The average Bonchev–Trinajstić information content (AvgIpc) is 3.63. The molecule has 0 saturated heterocycles. The van der Waals surface area contributed by atoms with E-state index >= 15 is 0 Å². The van der Waals surface area contributed by atoms with Crippen LogP contribution >= 0.6 is 0 Å². The van der Waals surface area contributed by atoms with Gasteiger partial charge in [0.05, 0.1) is 0 Å². The van der Waals surface area contributed by atoms with E-state index in [0.717, 1.165) is 0 Å². The van der Waals surface area contributed by atoms with Crippen LogP contribution in [-0.2, 0) is 0 Å². The zero-order chi connectivity index (χ0) is 38.9. The summed E-state index contributed by atoms with van der Waals surface area (Å²) in [5.74, 6) is 7.98. The Kier molecular flexibility index (Phi) is 15.0. The van der Waals surface area contributed by atoms with Gasteiger partial charge in [-0.3, -0.25) is 0 Å². The molecule has 0 atom stereocenters. The number of benzene rings is 3. The first-order chi connectivity index (χ1) is 26.0. The van der Waals surface area contributed by atoms with E-state index in [9.17, 15) is 0 Å². The molecule has 0 radical (unpaired) electrons. The van der Waals surface area contributed by atoms with Crippen molar-refractivity contribution in [1.29, 1.82) is 0 Å². The molecule has 0 spiro atoms. The quantitative estimate of drug-likeness (QED) is 0.0689. The molecule has 0 N–H and O–H groups in total. The zero-order valence-electron chi connectivity index (χ0n) is 36.0. The van der Waals surface area contributed by atoms with Gasteiger partial charge in [0.1, 0.15) is 16.1 Å². The minimum atomic E-state index is -1.88. The second kappa shape index (κ2) is 19.2. The van der Waals surface area contributed by atoms with Crippen LogP contribution in [0.15, 0.2) is 60.7 Å². The average molecular weight is 753 g/mol. The normalized spacial score (nSPS) is 13.2. The molecule has 54 heavy (non-hydrogen) atoms. The van der Waals surface area contributed by atoms with E-state index in [1.54, 1.807) is 0 Å². The van der Waals surface area contributed by atoms with E-state index in [2.05, 4.69) is 153 Å². The lowest BCUT2D eigenvalue weighted by molar-refractivity contribution is 0.620. The Morgan fingerprint density at radius 2 is 0.722 bits per heavy atom. The molecule has 0 nitrogen and oxygen atoms in total. The van der Waals surface area contributed by atoms with Crippen LogP contribution in [0, 0.1) is 22.9 Å². The lowest BCUT2D eigenvalue weighted by atomic mass is 10.0. The zero-order valence-corrected chi connectivity index (χ0v) is 38.0. The second-order valence-corrected chi connectivity index (χ2v) is 28.3. The summed E-state index contributed by atoms with van der Waals surface area (Å²) in [5.41, 5.74) is 21.3. The smallest absolute Gasteiger partial charge is 0.125 e. The largest absolute Gasteiger partial charge is 0.143 e. The van der Waals surface area contributed by atoms with Crippen LogP contribution in [0.2, 0.25) is 34.3 Å². The summed E-state index contributed by atoms with van der Waals surface area (Å²) in [6.45, 7) is 24.3. The van der Waals surface area contributed by atoms with Crippen LogP contribution in [0.1, 0.15) is 157 Å². The molecule has 2 aliphatic rings. The summed E-state index contributed by atoms with van der Waals surface area (Å²) in [6, 6.07) is 25.7. The fraction of sp³-hybridized carbons (Fsp3) is 0.538. The Morgan fingerprint density at radius 3 is 1.06 bits per heavy atom. The molecule has 0 aliphatic heterocycles. The Balaban J connectivity index is 1.64. The van der Waals surface area contributed by atoms with Crippen LogP contribution in [0.25, 0.3) is 33.4 Å². The third-order valence-corrected chi connectivity index (χ3v) is 25.3. The third kappa shape index (κ3) is 8.82. The third-order valence-electron chi connectivity index (χ3n) is 13.5. The molecule has 0 unspecified atom stereocenters. The first-order valence-corrected chi connectivity index (χ1v) is 26.9. The van der Waals surface area contributed by atoms with Gasteiger partial charge in [0.15, 0.2) is 0 Å². The van der Waals surface area contributed by atoms with Gasteiger partial charge in [-0.25, -0.2) is 0 Å². The second-order valence-electron chi connectivity index (χ2n) is 18.0. The molecule has 3 aromatic carbocycles. The maximum Gasteiger partial charge on any atom is 0.143 e. The van der Waals surface area contributed by atoms with Crippen LogP contribution < -0.4 is 10.4 Å². The monoisotopic (exact) mass is 753 g/mol. The first kappa shape index (κ1) is 42.1. The van der Waals surface area contributed by atoms with Crippen molar-refractivity contribution in [2.24, 2.45) is 0 Å². The Labute approximate surface area is 333 Å². The Hall–Kier alpha value is -3.05. The molecule has 0 saturated carbocycles. The lowest BCUT2D eigenvalue weighted by Gasteiger charge is -2.34. The predicted molar refractivity (Wildman–Crippen MR) is 245 cm³/mol. The van der Waals surface area contributed by atoms with Gasteiger partial charge in [-0.15, -0.1) is 11.1 Å². The molecule has 0 heterocycles. The predicted octanol–water partition coefficient (Wildman–Crippen LogP) is 14.4. The van der Waals surface area contributed by atoms with Crippen molar-refractivity contribution in [3.05, 3.63) is 82.2 Å². The maximum atomic E-state index is 4.17.